The van der Waals surface area contributed by atoms with Crippen molar-refractivity contribution >= 4 is 11.4 Å². The van der Waals surface area contributed by atoms with Crippen molar-refractivity contribution in [2.24, 2.45) is 11.8 Å². The van der Waals surface area contributed by atoms with Crippen LogP contribution in [0.4, 0.5) is 0 Å². The lowest BCUT2D eigenvalue weighted by Gasteiger charge is -2.35. The van der Waals surface area contributed by atoms with Crippen molar-refractivity contribution < 1.29 is 9.53 Å². The molecule has 3 atom stereocenters. The third kappa shape index (κ3) is 5.01. The van der Waals surface area contributed by atoms with Crippen LogP contribution in [-0.4, -0.2) is 43.0 Å². The van der Waals surface area contributed by atoms with Crippen molar-refractivity contribution in [2.45, 2.75) is 51.0 Å². The van der Waals surface area contributed by atoms with Crippen molar-refractivity contribution in [1.82, 2.24) is 4.90 Å². The summed E-state index contributed by atoms with van der Waals surface area (Å²) in [6.45, 7) is 7.19. The minimum Gasteiger partial charge on any atom is -0.379 e. The molecule has 0 radical (unpaired) electrons. The van der Waals surface area contributed by atoms with Crippen LogP contribution in [-0.2, 0) is 16.0 Å². The van der Waals surface area contributed by atoms with Gasteiger partial charge in [-0.05, 0) is 67.1 Å². The summed E-state index contributed by atoms with van der Waals surface area (Å²) in [4.78, 5) is 15.4. The Bertz CT molecular complexity index is 786. The van der Waals surface area contributed by atoms with Crippen LogP contribution in [0.5, 0.6) is 0 Å². The van der Waals surface area contributed by atoms with Gasteiger partial charge in [-0.2, -0.15) is 0 Å². The zero-order valence-electron chi connectivity index (χ0n) is 18.1. The molecule has 2 fully saturated rings. The largest absolute Gasteiger partial charge is 0.379 e. The van der Waals surface area contributed by atoms with Crippen LogP contribution in [0.15, 0.2) is 55.1 Å². The molecule has 30 heavy (non-hydrogen) atoms. The van der Waals surface area contributed by atoms with Crippen LogP contribution in [0.2, 0.25) is 0 Å². The molecule has 3 heteroatoms. The van der Waals surface area contributed by atoms with Crippen molar-refractivity contribution in [2.75, 3.05) is 26.3 Å². The van der Waals surface area contributed by atoms with E-state index in [0.29, 0.717) is 17.6 Å². The van der Waals surface area contributed by atoms with E-state index in [1.54, 1.807) is 0 Å². The Morgan fingerprint density at radius 2 is 1.90 bits per heavy atom. The molecule has 2 aliphatic carbocycles. The summed E-state index contributed by atoms with van der Waals surface area (Å²) in [6, 6.07) is 9.14. The van der Waals surface area contributed by atoms with E-state index in [0.717, 1.165) is 71.2 Å². The first-order valence-corrected chi connectivity index (χ1v) is 11.7. The molecule has 160 valence electrons. The number of carbonyl (C=O) groups excluding carboxylic acids is 1. The number of carbonyl (C=O) groups is 1. The fourth-order valence-corrected chi connectivity index (χ4v) is 5.42. The molecule has 1 aliphatic heterocycles. The van der Waals surface area contributed by atoms with Crippen molar-refractivity contribution in [1.29, 1.82) is 0 Å². The number of allylic oxidation sites excluding steroid dienone is 5. The van der Waals surface area contributed by atoms with Gasteiger partial charge in [-0.3, -0.25) is 9.69 Å². The summed E-state index contributed by atoms with van der Waals surface area (Å²) in [5.74, 6) is 1.38. The average Bonchev–Trinajstić information content (AvgIpc) is 3.12. The Balaban J connectivity index is 1.39. The number of benzene rings is 1. The Morgan fingerprint density at radius 3 is 2.60 bits per heavy atom. The fourth-order valence-electron chi connectivity index (χ4n) is 5.42. The summed E-state index contributed by atoms with van der Waals surface area (Å²) in [7, 11) is 0. The molecule has 0 spiro atoms. The molecule has 3 nitrogen and oxygen atoms in total. The summed E-state index contributed by atoms with van der Waals surface area (Å²) < 4.78 is 5.52. The van der Waals surface area contributed by atoms with E-state index < -0.39 is 0 Å². The molecular weight excluding hydrogens is 370 g/mol. The molecular formula is C27H35NO2. The fraction of sp³-hybridized carbons (Fsp3) is 0.519. The van der Waals surface area contributed by atoms with Crippen molar-refractivity contribution in [3.05, 3.63) is 66.3 Å². The number of nitrogens with zero attached hydrogens (tertiary/aromatic N) is 1. The first-order valence-electron chi connectivity index (χ1n) is 11.7. The Kier molecular flexibility index (Phi) is 7.35. The molecule has 0 amide bonds. The SMILES string of the molecule is C=CCCC1C(CCc2ccc(C3=CCCC=C3)cc2)CC(=O)[C@@H]1N1CCOCC1. The van der Waals surface area contributed by atoms with E-state index >= 15 is 0 Å². The lowest BCUT2D eigenvalue weighted by Crippen LogP contribution is -2.48. The van der Waals surface area contributed by atoms with Crippen LogP contribution >= 0.6 is 0 Å². The number of hydrogen-bond donors (Lipinski definition) is 0. The maximum Gasteiger partial charge on any atom is 0.150 e. The predicted octanol–water partition coefficient (Wildman–Crippen LogP) is 5.22. The van der Waals surface area contributed by atoms with Crippen molar-refractivity contribution in [3.63, 3.8) is 0 Å². The highest BCUT2D eigenvalue weighted by Gasteiger charge is 2.44. The minimum atomic E-state index is 0.0891. The van der Waals surface area contributed by atoms with E-state index in [1.807, 2.05) is 6.08 Å². The molecule has 0 bridgehead atoms. The standard InChI is InChI=1S/C27H35NO2/c1-2-3-9-25-24(20-26(29)27(25)28-16-18-30-19-17-28)15-12-21-10-13-23(14-11-21)22-7-5-4-6-8-22/h2,5,7-8,10-11,13-14,24-25,27H,1,3-4,6,9,12,15-20H2/t24?,25?,27-/m1/s1. The van der Waals surface area contributed by atoms with Crippen LogP contribution in [0.1, 0.15) is 49.7 Å². The molecule has 1 aromatic carbocycles. The second kappa shape index (κ2) is 10.4. The van der Waals surface area contributed by atoms with E-state index in [4.69, 9.17) is 4.74 Å². The summed E-state index contributed by atoms with van der Waals surface area (Å²) in [5, 5.41) is 0. The van der Waals surface area contributed by atoms with Crippen LogP contribution in [0, 0.1) is 11.8 Å². The van der Waals surface area contributed by atoms with E-state index in [1.165, 1.54) is 16.7 Å². The van der Waals surface area contributed by atoms with Gasteiger partial charge in [0.25, 0.3) is 0 Å². The zero-order valence-corrected chi connectivity index (χ0v) is 18.1. The first-order chi connectivity index (χ1) is 14.8. The zero-order chi connectivity index (χ0) is 20.8. The normalized spacial score (nSPS) is 27.3. The lowest BCUT2D eigenvalue weighted by molar-refractivity contribution is -0.124. The number of rotatable bonds is 8. The van der Waals surface area contributed by atoms with Crippen LogP contribution in [0.25, 0.3) is 5.57 Å². The van der Waals surface area contributed by atoms with E-state index in [2.05, 4.69) is 54.0 Å². The Labute approximate surface area is 181 Å². The molecule has 0 N–H and O–H groups in total. The van der Waals surface area contributed by atoms with E-state index in [9.17, 15) is 4.79 Å². The highest BCUT2D eigenvalue weighted by atomic mass is 16.5. The maximum absolute atomic E-state index is 13.0. The molecule has 0 aromatic heterocycles. The number of ether oxygens (including phenoxy) is 1. The monoisotopic (exact) mass is 405 g/mol. The number of Topliss-reactive ketones (excluding diaryl/α,β-unsaturated/α-hetero) is 1. The van der Waals surface area contributed by atoms with E-state index in [-0.39, 0.29) is 6.04 Å². The molecule has 1 aromatic rings. The number of aryl methyl sites for hydroxylation is 1. The summed E-state index contributed by atoms with van der Waals surface area (Å²) >= 11 is 0. The maximum atomic E-state index is 13.0. The van der Waals surface area contributed by atoms with Crippen molar-refractivity contribution in [3.8, 4) is 0 Å². The molecule has 4 rings (SSSR count). The van der Waals surface area contributed by atoms with Gasteiger partial charge < -0.3 is 4.74 Å². The highest BCUT2D eigenvalue weighted by Crippen LogP contribution is 2.39. The smallest absolute Gasteiger partial charge is 0.150 e. The van der Waals surface area contributed by atoms with Crippen LogP contribution in [0.3, 0.4) is 0 Å². The molecule has 3 aliphatic rings. The number of morpholine rings is 1. The molecule has 2 unspecified atom stereocenters. The van der Waals surface area contributed by atoms with Gasteiger partial charge >= 0.3 is 0 Å². The van der Waals surface area contributed by atoms with Gasteiger partial charge in [0.05, 0.1) is 19.3 Å². The second-order valence-electron chi connectivity index (χ2n) is 8.93. The average molecular weight is 406 g/mol. The molecule has 1 saturated heterocycles. The van der Waals surface area contributed by atoms with Gasteiger partial charge in [0, 0.05) is 19.5 Å². The number of ketones is 1. The minimum absolute atomic E-state index is 0.0891. The molecule has 1 saturated carbocycles. The summed E-state index contributed by atoms with van der Waals surface area (Å²) in [5.41, 5.74) is 4.03. The number of hydrogen-bond acceptors (Lipinski definition) is 3. The first kappa shape index (κ1) is 21.3. The second-order valence-corrected chi connectivity index (χ2v) is 8.93. The highest BCUT2D eigenvalue weighted by molar-refractivity contribution is 5.87. The Morgan fingerprint density at radius 1 is 1.10 bits per heavy atom. The van der Waals surface area contributed by atoms with Gasteiger partial charge in [0.1, 0.15) is 0 Å². The van der Waals surface area contributed by atoms with Gasteiger partial charge in [-0.25, -0.2) is 0 Å². The summed E-state index contributed by atoms with van der Waals surface area (Å²) in [6.07, 6.45) is 16.1. The van der Waals surface area contributed by atoms with Gasteiger partial charge in [0.15, 0.2) is 5.78 Å². The van der Waals surface area contributed by atoms with Gasteiger partial charge in [-0.1, -0.05) is 48.6 Å². The van der Waals surface area contributed by atoms with Gasteiger partial charge in [0.2, 0.25) is 0 Å². The topological polar surface area (TPSA) is 29.5 Å². The lowest BCUT2D eigenvalue weighted by atomic mass is 9.84. The third-order valence-electron chi connectivity index (χ3n) is 7.03. The Hall–Kier alpha value is -1.97. The van der Waals surface area contributed by atoms with Gasteiger partial charge in [-0.15, -0.1) is 6.58 Å². The quantitative estimate of drug-likeness (QED) is 0.555. The predicted molar refractivity (Wildman–Crippen MR) is 123 cm³/mol. The van der Waals surface area contributed by atoms with Crippen LogP contribution < -0.4 is 0 Å². The molecule has 1 heterocycles. The third-order valence-corrected chi connectivity index (χ3v) is 7.03.